The van der Waals surface area contributed by atoms with Crippen LogP contribution in [0.1, 0.15) is 45.5 Å². The van der Waals surface area contributed by atoms with Gasteiger partial charge in [-0.15, -0.1) is 0 Å². The number of aryl methyl sites for hydroxylation is 1. The average Bonchev–Trinajstić information content (AvgIpc) is 2.78. The van der Waals surface area contributed by atoms with Crippen LogP contribution in [0.15, 0.2) is 59.4 Å². The Bertz CT molecular complexity index is 1180. The molecule has 32 heavy (non-hydrogen) atoms. The number of hydrogen-bond acceptors (Lipinski definition) is 4. The fourth-order valence-corrected chi connectivity index (χ4v) is 3.64. The summed E-state index contributed by atoms with van der Waals surface area (Å²) in [5.74, 6) is -0.0840. The van der Waals surface area contributed by atoms with Gasteiger partial charge in [0, 0.05) is 18.7 Å². The summed E-state index contributed by atoms with van der Waals surface area (Å²) in [7, 11) is 0. The van der Waals surface area contributed by atoms with Crippen molar-refractivity contribution in [2.24, 2.45) is 0 Å². The first-order valence-electron chi connectivity index (χ1n) is 10.6. The Balaban J connectivity index is 1.50. The first-order valence-corrected chi connectivity index (χ1v) is 10.6. The highest BCUT2D eigenvalue weighted by Gasteiger charge is 2.13. The molecule has 1 heterocycles. The second-order valence-electron chi connectivity index (χ2n) is 7.74. The van der Waals surface area contributed by atoms with Gasteiger partial charge in [0.1, 0.15) is 11.6 Å². The average molecular weight is 430 g/mol. The summed E-state index contributed by atoms with van der Waals surface area (Å²) in [6, 6.07) is 19.9. The van der Waals surface area contributed by atoms with Crippen molar-refractivity contribution >= 4 is 5.91 Å². The van der Waals surface area contributed by atoms with E-state index in [0.29, 0.717) is 37.4 Å². The zero-order valence-corrected chi connectivity index (χ0v) is 18.4. The molecule has 6 heteroatoms. The molecule has 0 bridgehead atoms. The Morgan fingerprint density at radius 3 is 2.47 bits per heavy atom. The van der Waals surface area contributed by atoms with Crippen LogP contribution in [-0.2, 0) is 35.7 Å². The van der Waals surface area contributed by atoms with Gasteiger partial charge >= 0.3 is 0 Å². The minimum absolute atomic E-state index is 0.0840. The zero-order chi connectivity index (χ0) is 22.9. The number of aromatic amines is 1. The number of hydrogen-bond donors (Lipinski definition) is 2. The fraction of sp³-hybridized carbons (Fsp3) is 0.269. The molecule has 2 N–H and O–H groups in total. The minimum atomic E-state index is -0.386. The summed E-state index contributed by atoms with van der Waals surface area (Å²) < 4.78 is 5.79. The number of carbonyl (C=O) groups is 1. The smallest absolute Gasteiger partial charge is 0.266 e. The van der Waals surface area contributed by atoms with Gasteiger partial charge < -0.3 is 15.0 Å². The third kappa shape index (κ3) is 6.16. The van der Waals surface area contributed by atoms with E-state index in [-0.39, 0.29) is 23.5 Å². The summed E-state index contributed by atoms with van der Waals surface area (Å²) >= 11 is 0. The van der Waals surface area contributed by atoms with E-state index in [1.165, 1.54) is 0 Å². The van der Waals surface area contributed by atoms with Gasteiger partial charge in [0.2, 0.25) is 5.91 Å². The van der Waals surface area contributed by atoms with Gasteiger partial charge in [-0.25, -0.2) is 0 Å². The number of amides is 1. The molecule has 164 valence electrons. The van der Waals surface area contributed by atoms with Crippen LogP contribution in [0.2, 0.25) is 0 Å². The van der Waals surface area contributed by atoms with Crippen molar-refractivity contribution in [1.82, 2.24) is 10.3 Å². The third-order valence-corrected chi connectivity index (χ3v) is 5.38. The zero-order valence-electron chi connectivity index (χ0n) is 18.4. The van der Waals surface area contributed by atoms with E-state index < -0.39 is 0 Å². The lowest BCUT2D eigenvalue weighted by molar-refractivity contribution is -0.121. The van der Waals surface area contributed by atoms with Gasteiger partial charge in [0.25, 0.3) is 5.56 Å². The Hall–Kier alpha value is -3.69. The molecule has 0 fully saturated rings. The Labute approximate surface area is 187 Å². The van der Waals surface area contributed by atoms with E-state index in [1.807, 2.05) is 60.7 Å². The summed E-state index contributed by atoms with van der Waals surface area (Å²) in [6.45, 7) is 5.02. The highest BCUT2D eigenvalue weighted by molar-refractivity contribution is 5.76. The summed E-state index contributed by atoms with van der Waals surface area (Å²) in [6.07, 6.45) is 0.737. The number of carbonyl (C=O) groups excluding carboxylic acids is 1. The molecule has 2 aromatic carbocycles. The van der Waals surface area contributed by atoms with Crippen molar-refractivity contribution < 1.29 is 9.53 Å². The number of pyridine rings is 1. The van der Waals surface area contributed by atoms with Crippen molar-refractivity contribution in [3.05, 3.63) is 104 Å². The Kier molecular flexibility index (Phi) is 7.96. The van der Waals surface area contributed by atoms with E-state index >= 15 is 0 Å². The molecule has 0 saturated heterocycles. The Morgan fingerprint density at radius 2 is 1.72 bits per heavy atom. The van der Waals surface area contributed by atoms with E-state index in [0.717, 1.165) is 22.3 Å². The normalized spacial score (nSPS) is 10.5. The quantitative estimate of drug-likeness (QED) is 0.540. The van der Waals surface area contributed by atoms with Gasteiger partial charge in [-0.05, 0) is 48.1 Å². The second kappa shape index (κ2) is 11.1. The first kappa shape index (κ1) is 23.0. The van der Waals surface area contributed by atoms with E-state index in [4.69, 9.17) is 4.74 Å². The highest BCUT2D eigenvalue weighted by atomic mass is 16.5. The van der Waals surface area contributed by atoms with Crippen LogP contribution in [0.4, 0.5) is 0 Å². The molecule has 0 aliphatic carbocycles. The van der Waals surface area contributed by atoms with Crippen LogP contribution in [-0.4, -0.2) is 10.9 Å². The maximum absolute atomic E-state index is 12.4. The largest absolute Gasteiger partial charge is 0.372 e. The van der Waals surface area contributed by atoms with Gasteiger partial charge in [-0.2, -0.15) is 5.26 Å². The molecule has 1 aromatic heterocycles. The monoisotopic (exact) mass is 429 g/mol. The fourth-order valence-electron chi connectivity index (χ4n) is 3.64. The number of ether oxygens (including phenoxy) is 1. The van der Waals surface area contributed by atoms with Crippen molar-refractivity contribution in [2.75, 3.05) is 0 Å². The number of rotatable bonds is 9. The number of aromatic nitrogens is 1. The van der Waals surface area contributed by atoms with Gasteiger partial charge in [0.15, 0.2) is 0 Å². The topological polar surface area (TPSA) is 95.0 Å². The van der Waals surface area contributed by atoms with Crippen LogP contribution in [0.25, 0.3) is 0 Å². The molecule has 0 radical (unpaired) electrons. The molecule has 0 aliphatic heterocycles. The van der Waals surface area contributed by atoms with E-state index in [2.05, 4.69) is 10.3 Å². The number of H-pyrrole nitrogens is 1. The molecule has 0 aliphatic rings. The van der Waals surface area contributed by atoms with Crippen LogP contribution >= 0.6 is 0 Å². The van der Waals surface area contributed by atoms with Crippen molar-refractivity contribution in [3.63, 3.8) is 0 Å². The predicted octanol–water partition coefficient (Wildman–Crippen LogP) is 3.83. The molecule has 0 unspecified atom stereocenters. The number of benzene rings is 2. The lowest BCUT2D eigenvalue weighted by atomic mass is 9.99. The highest BCUT2D eigenvalue weighted by Crippen LogP contribution is 2.15. The molecule has 3 rings (SSSR count). The van der Waals surface area contributed by atoms with Crippen molar-refractivity contribution in [3.8, 4) is 6.07 Å². The van der Waals surface area contributed by atoms with Crippen molar-refractivity contribution in [1.29, 1.82) is 5.26 Å². The summed E-state index contributed by atoms with van der Waals surface area (Å²) in [4.78, 5) is 26.9. The molecular weight excluding hydrogens is 402 g/mol. The molecule has 6 nitrogen and oxygen atoms in total. The maximum atomic E-state index is 12.4. The molecule has 0 spiro atoms. The summed E-state index contributed by atoms with van der Waals surface area (Å²) in [5, 5.41) is 12.1. The first-order chi connectivity index (χ1) is 15.5. The number of nitrogens with one attached hydrogen (secondary N) is 2. The molecular formula is C26H27N3O3. The molecule has 3 aromatic rings. The van der Waals surface area contributed by atoms with Crippen LogP contribution in [0.5, 0.6) is 0 Å². The minimum Gasteiger partial charge on any atom is -0.372 e. The molecule has 0 saturated carbocycles. The summed E-state index contributed by atoms with van der Waals surface area (Å²) in [5.41, 5.74) is 5.09. The second-order valence-corrected chi connectivity index (χ2v) is 7.74. The van der Waals surface area contributed by atoms with Gasteiger partial charge in [-0.1, -0.05) is 54.6 Å². The molecule has 0 atom stereocenters. The Morgan fingerprint density at radius 1 is 1.03 bits per heavy atom. The third-order valence-electron chi connectivity index (χ3n) is 5.38. The maximum Gasteiger partial charge on any atom is 0.266 e. The number of nitrogens with zero attached hydrogens (tertiary/aromatic N) is 1. The van der Waals surface area contributed by atoms with Crippen LogP contribution in [0.3, 0.4) is 0 Å². The van der Waals surface area contributed by atoms with Gasteiger partial charge in [-0.3, -0.25) is 9.59 Å². The van der Waals surface area contributed by atoms with E-state index in [1.54, 1.807) is 13.8 Å². The number of nitriles is 1. The SMILES string of the molecule is Cc1[nH]c(=O)c(C#N)c(C)c1CCC(=O)NCc1cccc(COCc2ccccc2)c1. The van der Waals surface area contributed by atoms with Gasteiger partial charge in [0.05, 0.1) is 13.2 Å². The standard InChI is InChI=1S/C26H27N3O3/c1-18-23(19(2)29-26(31)24(18)14-27)11-12-25(30)28-15-21-9-6-10-22(13-21)17-32-16-20-7-4-3-5-8-20/h3-10,13H,11-12,15-17H2,1-2H3,(H,28,30)(H,29,31). The van der Waals surface area contributed by atoms with Crippen LogP contribution < -0.4 is 10.9 Å². The van der Waals surface area contributed by atoms with E-state index in [9.17, 15) is 14.9 Å². The van der Waals surface area contributed by atoms with Crippen LogP contribution in [0, 0.1) is 25.2 Å². The predicted molar refractivity (Wildman–Crippen MR) is 123 cm³/mol. The lowest BCUT2D eigenvalue weighted by Crippen LogP contribution is -2.24. The molecule has 1 amide bonds. The van der Waals surface area contributed by atoms with Crippen molar-refractivity contribution in [2.45, 2.75) is 46.4 Å². The lowest BCUT2D eigenvalue weighted by Gasteiger charge is -2.11.